The van der Waals surface area contributed by atoms with Gasteiger partial charge in [-0.3, -0.25) is 0 Å². The Bertz CT molecular complexity index is 357. The first-order valence-electron chi connectivity index (χ1n) is 5.45. The molecule has 0 aliphatic carbocycles. The van der Waals surface area contributed by atoms with Gasteiger partial charge in [0.2, 0.25) is 0 Å². The van der Waals surface area contributed by atoms with E-state index in [0.29, 0.717) is 6.79 Å². The highest BCUT2D eigenvalue weighted by Gasteiger charge is 2.19. The zero-order valence-corrected chi connectivity index (χ0v) is 10.1. The van der Waals surface area contributed by atoms with Gasteiger partial charge < -0.3 is 14.8 Å². The van der Waals surface area contributed by atoms with Gasteiger partial charge in [-0.2, -0.15) is 0 Å². The quantitative estimate of drug-likeness (QED) is 0.825. The van der Waals surface area contributed by atoms with Crippen LogP contribution in [0.2, 0.25) is 5.02 Å². The molecule has 88 valence electrons. The Morgan fingerprint density at radius 1 is 1.50 bits per heavy atom. The third kappa shape index (κ3) is 2.67. The molecule has 1 aromatic carbocycles. The van der Waals surface area contributed by atoms with Gasteiger partial charge in [-0.05, 0) is 31.0 Å². The fraction of sp³-hybridized carbons (Fsp3) is 0.500. The van der Waals surface area contributed by atoms with Crippen molar-refractivity contribution < 1.29 is 9.47 Å². The van der Waals surface area contributed by atoms with Crippen molar-refractivity contribution in [2.75, 3.05) is 25.8 Å². The third-order valence-corrected chi connectivity index (χ3v) is 2.94. The van der Waals surface area contributed by atoms with E-state index >= 15 is 0 Å². The van der Waals surface area contributed by atoms with Crippen molar-refractivity contribution in [3.63, 3.8) is 0 Å². The van der Waals surface area contributed by atoms with Crippen LogP contribution in [0.3, 0.4) is 0 Å². The van der Waals surface area contributed by atoms with Crippen LogP contribution in [0.25, 0.3) is 0 Å². The number of anilines is 1. The number of fused-ring (bicyclic) bond motifs is 1. The highest BCUT2D eigenvalue weighted by molar-refractivity contribution is 6.30. The fourth-order valence-electron chi connectivity index (χ4n) is 1.95. The Kier molecular flexibility index (Phi) is 4.04. The van der Waals surface area contributed by atoms with E-state index in [1.54, 1.807) is 7.11 Å². The predicted molar refractivity (Wildman–Crippen MR) is 64.9 cm³/mol. The lowest BCUT2D eigenvalue weighted by atomic mass is 10.0. The second-order valence-electron chi connectivity index (χ2n) is 3.86. The van der Waals surface area contributed by atoms with Crippen molar-refractivity contribution in [2.45, 2.75) is 18.9 Å². The molecular weight excluding hydrogens is 226 g/mol. The summed E-state index contributed by atoms with van der Waals surface area (Å²) in [5.41, 5.74) is 2.24. The van der Waals surface area contributed by atoms with E-state index in [4.69, 9.17) is 21.1 Å². The van der Waals surface area contributed by atoms with Crippen LogP contribution in [0.5, 0.6) is 0 Å². The minimum absolute atomic E-state index is 0.0728. The standard InChI is InChI=1S/C12H16ClNO2/c1-15-8-16-12-3-2-6-14-11-5-4-9(13)7-10(11)12/h4-5,7,12,14H,2-3,6,8H2,1H3/t12-/m1/s1. The molecule has 0 saturated heterocycles. The van der Waals surface area contributed by atoms with Crippen LogP contribution >= 0.6 is 11.6 Å². The second kappa shape index (κ2) is 5.53. The molecule has 1 N–H and O–H groups in total. The number of methoxy groups -OCH3 is 1. The topological polar surface area (TPSA) is 30.5 Å². The number of ether oxygens (including phenoxy) is 2. The highest BCUT2D eigenvalue weighted by Crippen LogP contribution is 2.33. The summed E-state index contributed by atoms with van der Waals surface area (Å²) in [4.78, 5) is 0. The molecule has 1 heterocycles. The third-order valence-electron chi connectivity index (χ3n) is 2.71. The number of hydrogen-bond acceptors (Lipinski definition) is 3. The van der Waals surface area contributed by atoms with Crippen LogP contribution in [-0.4, -0.2) is 20.4 Å². The molecule has 4 heteroatoms. The van der Waals surface area contributed by atoms with Crippen LogP contribution in [0.15, 0.2) is 18.2 Å². The molecular formula is C12H16ClNO2. The fourth-order valence-corrected chi connectivity index (χ4v) is 2.13. The van der Waals surface area contributed by atoms with E-state index in [1.807, 2.05) is 18.2 Å². The first-order valence-corrected chi connectivity index (χ1v) is 5.83. The number of halogens is 1. The van der Waals surface area contributed by atoms with Gasteiger partial charge in [0.25, 0.3) is 0 Å². The summed E-state index contributed by atoms with van der Waals surface area (Å²) in [7, 11) is 1.63. The molecule has 1 aromatic rings. The van der Waals surface area contributed by atoms with E-state index in [-0.39, 0.29) is 6.10 Å². The molecule has 1 aliphatic heterocycles. The predicted octanol–water partition coefficient (Wildman–Crippen LogP) is 3.21. The van der Waals surface area contributed by atoms with Crippen molar-refractivity contribution in [3.8, 4) is 0 Å². The monoisotopic (exact) mass is 241 g/mol. The average molecular weight is 242 g/mol. The maximum absolute atomic E-state index is 6.01. The number of hydrogen-bond donors (Lipinski definition) is 1. The molecule has 0 spiro atoms. The van der Waals surface area contributed by atoms with Crippen molar-refractivity contribution in [2.24, 2.45) is 0 Å². The van der Waals surface area contributed by atoms with Crippen molar-refractivity contribution >= 4 is 17.3 Å². The van der Waals surface area contributed by atoms with Crippen LogP contribution < -0.4 is 5.32 Å². The minimum atomic E-state index is 0.0728. The lowest BCUT2D eigenvalue weighted by molar-refractivity contribution is -0.0753. The van der Waals surface area contributed by atoms with Crippen LogP contribution in [-0.2, 0) is 9.47 Å². The van der Waals surface area contributed by atoms with Crippen LogP contribution in [0.1, 0.15) is 24.5 Å². The largest absolute Gasteiger partial charge is 0.385 e. The maximum atomic E-state index is 6.01. The van der Waals surface area contributed by atoms with E-state index < -0.39 is 0 Å². The first kappa shape index (κ1) is 11.7. The summed E-state index contributed by atoms with van der Waals surface area (Å²) in [5, 5.41) is 4.12. The highest BCUT2D eigenvalue weighted by atomic mass is 35.5. The van der Waals surface area contributed by atoms with E-state index in [9.17, 15) is 0 Å². The van der Waals surface area contributed by atoms with E-state index in [2.05, 4.69) is 5.32 Å². The molecule has 3 nitrogen and oxygen atoms in total. The minimum Gasteiger partial charge on any atom is -0.385 e. The van der Waals surface area contributed by atoms with Crippen molar-refractivity contribution in [1.82, 2.24) is 0 Å². The molecule has 16 heavy (non-hydrogen) atoms. The Morgan fingerprint density at radius 3 is 3.19 bits per heavy atom. The molecule has 0 fully saturated rings. The van der Waals surface area contributed by atoms with Gasteiger partial charge in [0.15, 0.2) is 0 Å². The van der Waals surface area contributed by atoms with Crippen molar-refractivity contribution in [3.05, 3.63) is 28.8 Å². The Balaban J connectivity index is 2.24. The molecule has 1 aliphatic rings. The Labute approximate surface area is 101 Å². The van der Waals surface area contributed by atoms with Crippen LogP contribution in [0.4, 0.5) is 5.69 Å². The second-order valence-corrected chi connectivity index (χ2v) is 4.30. The van der Waals surface area contributed by atoms with Gasteiger partial charge in [-0.15, -0.1) is 0 Å². The summed E-state index contributed by atoms with van der Waals surface area (Å²) in [5.74, 6) is 0. The summed E-state index contributed by atoms with van der Waals surface area (Å²) in [6, 6.07) is 5.87. The zero-order chi connectivity index (χ0) is 11.4. The molecule has 0 saturated carbocycles. The zero-order valence-electron chi connectivity index (χ0n) is 9.33. The van der Waals surface area contributed by atoms with Gasteiger partial charge in [-0.25, -0.2) is 0 Å². The first-order chi connectivity index (χ1) is 7.81. The van der Waals surface area contributed by atoms with E-state index in [0.717, 1.165) is 35.7 Å². The number of benzene rings is 1. The maximum Gasteiger partial charge on any atom is 0.147 e. The van der Waals surface area contributed by atoms with E-state index in [1.165, 1.54) is 0 Å². The molecule has 0 unspecified atom stereocenters. The van der Waals surface area contributed by atoms with Crippen LogP contribution in [0, 0.1) is 0 Å². The number of rotatable bonds is 3. The van der Waals surface area contributed by atoms with Gasteiger partial charge in [0.05, 0.1) is 6.10 Å². The summed E-state index contributed by atoms with van der Waals surface area (Å²) in [6.07, 6.45) is 2.15. The molecule has 1 atom stereocenters. The number of nitrogens with one attached hydrogen (secondary N) is 1. The summed E-state index contributed by atoms with van der Waals surface area (Å²) >= 11 is 6.01. The SMILES string of the molecule is COCO[C@@H]1CCCNc2ccc(Cl)cc21. The normalized spacial score (nSPS) is 19.8. The van der Waals surface area contributed by atoms with Crippen molar-refractivity contribution in [1.29, 1.82) is 0 Å². The summed E-state index contributed by atoms with van der Waals surface area (Å²) in [6.45, 7) is 1.29. The van der Waals surface area contributed by atoms with Gasteiger partial charge in [-0.1, -0.05) is 11.6 Å². The average Bonchev–Trinajstić information content (AvgIpc) is 2.48. The summed E-state index contributed by atoms with van der Waals surface area (Å²) < 4.78 is 10.6. The lowest BCUT2D eigenvalue weighted by Gasteiger charge is -2.17. The molecule has 0 aromatic heterocycles. The van der Waals surface area contributed by atoms with Gasteiger partial charge >= 0.3 is 0 Å². The Hall–Kier alpha value is -0.770. The molecule has 2 rings (SSSR count). The molecule has 0 amide bonds. The van der Waals surface area contributed by atoms with Gasteiger partial charge in [0, 0.05) is 29.9 Å². The lowest BCUT2D eigenvalue weighted by Crippen LogP contribution is -2.06. The Morgan fingerprint density at radius 2 is 2.38 bits per heavy atom. The molecule has 0 radical (unpaired) electrons. The van der Waals surface area contributed by atoms with Gasteiger partial charge in [0.1, 0.15) is 6.79 Å². The smallest absolute Gasteiger partial charge is 0.147 e. The molecule has 0 bridgehead atoms.